The van der Waals surface area contributed by atoms with Crippen molar-refractivity contribution in [3.8, 4) is 0 Å². The fourth-order valence-corrected chi connectivity index (χ4v) is 1.65. The summed E-state index contributed by atoms with van der Waals surface area (Å²) in [5, 5.41) is 6.19. The van der Waals surface area contributed by atoms with E-state index >= 15 is 0 Å². The minimum Gasteiger partial charge on any atom is -0.337 e. The van der Waals surface area contributed by atoms with Crippen LogP contribution in [0.1, 0.15) is 19.4 Å². The van der Waals surface area contributed by atoms with E-state index in [-0.39, 0.29) is 6.03 Å². The predicted octanol–water partition coefficient (Wildman–Crippen LogP) is 1.83. The second kappa shape index (κ2) is 5.89. The zero-order valence-corrected chi connectivity index (χ0v) is 10.8. The Morgan fingerprint density at radius 2 is 2.18 bits per heavy atom. The van der Waals surface area contributed by atoms with Gasteiger partial charge in [-0.2, -0.15) is 0 Å². The topological polar surface area (TPSA) is 67.2 Å². The molecule has 0 aliphatic heterocycles. The third kappa shape index (κ3) is 4.24. The van der Waals surface area contributed by atoms with Crippen molar-refractivity contribution in [1.82, 2.24) is 10.6 Å². The van der Waals surface area contributed by atoms with Gasteiger partial charge in [0.1, 0.15) is 0 Å². The van der Waals surface area contributed by atoms with Crippen molar-refractivity contribution in [3.63, 3.8) is 0 Å². The van der Waals surface area contributed by atoms with Gasteiger partial charge in [0.25, 0.3) is 0 Å². The van der Waals surface area contributed by atoms with E-state index in [9.17, 15) is 4.79 Å². The van der Waals surface area contributed by atoms with Crippen molar-refractivity contribution in [2.45, 2.75) is 19.4 Å². The molecule has 0 spiro atoms. The van der Waals surface area contributed by atoms with Crippen LogP contribution in [0.3, 0.4) is 0 Å². The molecule has 0 unspecified atom stereocenters. The van der Waals surface area contributed by atoms with Crippen molar-refractivity contribution in [2.24, 2.45) is 5.73 Å². The molecule has 0 bridgehead atoms. The average Bonchev–Trinajstić information content (AvgIpc) is 2.26. The summed E-state index contributed by atoms with van der Waals surface area (Å²) >= 11 is 5.93. The molecule has 1 rings (SSSR count). The Morgan fingerprint density at radius 1 is 1.47 bits per heavy atom. The largest absolute Gasteiger partial charge is 0.337 e. The zero-order chi connectivity index (χ0) is 12.9. The van der Waals surface area contributed by atoms with Crippen molar-refractivity contribution in [2.75, 3.05) is 13.1 Å². The van der Waals surface area contributed by atoms with Crippen molar-refractivity contribution >= 4 is 17.6 Å². The molecule has 0 aromatic heterocycles. The van der Waals surface area contributed by atoms with Gasteiger partial charge in [0.05, 0.1) is 5.54 Å². The lowest BCUT2D eigenvalue weighted by atomic mass is 9.94. The summed E-state index contributed by atoms with van der Waals surface area (Å²) in [7, 11) is 0. The molecule has 94 valence electrons. The van der Waals surface area contributed by atoms with Crippen molar-refractivity contribution < 1.29 is 4.79 Å². The Kier molecular flexibility index (Phi) is 4.78. The van der Waals surface area contributed by atoms with E-state index in [4.69, 9.17) is 17.3 Å². The van der Waals surface area contributed by atoms with Gasteiger partial charge in [-0.25, -0.2) is 4.79 Å². The van der Waals surface area contributed by atoms with E-state index in [1.54, 1.807) is 6.07 Å². The number of nitrogens with one attached hydrogen (secondary N) is 2. The third-order valence-corrected chi connectivity index (χ3v) is 2.64. The standard InChI is InChI=1S/C12H18ClN3O/c1-12(2,16-11(17)15-7-6-14)9-4-3-5-10(13)8-9/h3-5,8H,6-7,14H2,1-2H3,(H2,15,16,17). The molecule has 1 aromatic rings. The first-order valence-electron chi connectivity index (χ1n) is 5.48. The minimum absolute atomic E-state index is 0.236. The summed E-state index contributed by atoms with van der Waals surface area (Å²) in [6.45, 7) is 4.71. The molecule has 1 aromatic carbocycles. The number of halogens is 1. The fraction of sp³-hybridized carbons (Fsp3) is 0.417. The van der Waals surface area contributed by atoms with Gasteiger partial charge in [0.15, 0.2) is 0 Å². The molecule has 0 aliphatic carbocycles. The number of hydrogen-bond acceptors (Lipinski definition) is 2. The Balaban J connectivity index is 2.71. The van der Waals surface area contributed by atoms with E-state index in [1.165, 1.54) is 0 Å². The van der Waals surface area contributed by atoms with Gasteiger partial charge in [-0.15, -0.1) is 0 Å². The van der Waals surface area contributed by atoms with Gasteiger partial charge in [-0.05, 0) is 31.5 Å². The second-order valence-corrected chi connectivity index (χ2v) is 4.74. The van der Waals surface area contributed by atoms with Crippen LogP contribution < -0.4 is 16.4 Å². The Bertz CT molecular complexity index is 393. The number of benzene rings is 1. The molecule has 0 aliphatic rings. The van der Waals surface area contributed by atoms with Gasteiger partial charge >= 0.3 is 6.03 Å². The summed E-state index contributed by atoms with van der Waals surface area (Å²) in [5.41, 5.74) is 5.78. The Hall–Kier alpha value is -1.26. The molecule has 5 heteroatoms. The number of nitrogens with two attached hydrogens (primary N) is 1. The molecular formula is C12H18ClN3O. The molecule has 0 heterocycles. The van der Waals surface area contributed by atoms with Crippen LogP contribution in [0.4, 0.5) is 4.79 Å². The lowest BCUT2D eigenvalue weighted by Crippen LogP contribution is -2.47. The molecular weight excluding hydrogens is 238 g/mol. The number of carbonyl (C=O) groups is 1. The van der Waals surface area contributed by atoms with Crippen LogP contribution in [0.2, 0.25) is 5.02 Å². The van der Waals surface area contributed by atoms with Crippen LogP contribution in [-0.4, -0.2) is 19.1 Å². The average molecular weight is 256 g/mol. The van der Waals surface area contributed by atoms with Crippen LogP contribution in [0, 0.1) is 0 Å². The SMILES string of the molecule is CC(C)(NC(=O)NCCN)c1cccc(Cl)c1. The van der Waals surface area contributed by atoms with Crippen LogP contribution in [0.5, 0.6) is 0 Å². The summed E-state index contributed by atoms with van der Waals surface area (Å²) in [6.07, 6.45) is 0. The van der Waals surface area contributed by atoms with Gasteiger partial charge < -0.3 is 16.4 Å². The molecule has 0 fully saturated rings. The van der Waals surface area contributed by atoms with Crippen LogP contribution in [0.15, 0.2) is 24.3 Å². The summed E-state index contributed by atoms with van der Waals surface area (Å²) in [6, 6.07) is 7.19. The first kappa shape index (κ1) is 13.8. The number of hydrogen-bond donors (Lipinski definition) is 3. The van der Waals surface area contributed by atoms with Crippen molar-refractivity contribution in [3.05, 3.63) is 34.9 Å². The van der Waals surface area contributed by atoms with E-state index in [1.807, 2.05) is 32.0 Å². The van der Waals surface area contributed by atoms with E-state index in [2.05, 4.69) is 10.6 Å². The van der Waals surface area contributed by atoms with Crippen LogP contribution in [-0.2, 0) is 5.54 Å². The summed E-state index contributed by atoms with van der Waals surface area (Å²) in [5.74, 6) is 0. The molecule has 17 heavy (non-hydrogen) atoms. The highest BCUT2D eigenvalue weighted by molar-refractivity contribution is 6.30. The quantitative estimate of drug-likeness (QED) is 0.769. The fourth-order valence-electron chi connectivity index (χ4n) is 1.46. The highest BCUT2D eigenvalue weighted by Gasteiger charge is 2.22. The van der Waals surface area contributed by atoms with Gasteiger partial charge in [0, 0.05) is 18.1 Å². The lowest BCUT2D eigenvalue weighted by molar-refractivity contribution is 0.230. The third-order valence-electron chi connectivity index (χ3n) is 2.40. The molecule has 0 saturated carbocycles. The molecule has 4 nitrogen and oxygen atoms in total. The normalized spacial score (nSPS) is 11.1. The summed E-state index contributed by atoms with van der Waals surface area (Å²) in [4.78, 5) is 11.6. The highest BCUT2D eigenvalue weighted by Crippen LogP contribution is 2.22. The van der Waals surface area contributed by atoms with Gasteiger partial charge in [-0.3, -0.25) is 0 Å². The maximum absolute atomic E-state index is 11.6. The molecule has 2 amide bonds. The first-order valence-corrected chi connectivity index (χ1v) is 5.85. The van der Waals surface area contributed by atoms with E-state index in [0.29, 0.717) is 18.1 Å². The number of urea groups is 1. The van der Waals surface area contributed by atoms with E-state index in [0.717, 1.165) is 5.56 Å². The second-order valence-electron chi connectivity index (χ2n) is 4.30. The number of amides is 2. The Morgan fingerprint density at radius 3 is 2.76 bits per heavy atom. The lowest BCUT2D eigenvalue weighted by Gasteiger charge is -2.27. The maximum Gasteiger partial charge on any atom is 0.315 e. The molecule has 0 atom stereocenters. The van der Waals surface area contributed by atoms with Gasteiger partial charge in [-0.1, -0.05) is 23.7 Å². The molecule has 0 radical (unpaired) electrons. The predicted molar refractivity (Wildman–Crippen MR) is 70.1 cm³/mol. The highest BCUT2D eigenvalue weighted by atomic mass is 35.5. The monoisotopic (exact) mass is 255 g/mol. The molecule has 0 saturated heterocycles. The molecule has 4 N–H and O–H groups in total. The van der Waals surface area contributed by atoms with E-state index < -0.39 is 5.54 Å². The smallest absolute Gasteiger partial charge is 0.315 e. The van der Waals surface area contributed by atoms with Crippen molar-refractivity contribution in [1.29, 1.82) is 0 Å². The summed E-state index contributed by atoms with van der Waals surface area (Å²) < 4.78 is 0. The Labute approximate surface area is 107 Å². The number of carbonyl (C=O) groups excluding carboxylic acids is 1. The van der Waals surface area contributed by atoms with Gasteiger partial charge in [0.2, 0.25) is 0 Å². The van der Waals surface area contributed by atoms with Crippen LogP contribution >= 0.6 is 11.6 Å². The maximum atomic E-state index is 11.6. The number of rotatable bonds is 4. The zero-order valence-electron chi connectivity index (χ0n) is 10.1. The first-order chi connectivity index (χ1) is 7.95. The minimum atomic E-state index is -0.483. The van der Waals surface area contributed by atoms with Crippen LogP contribution in [0.25, 0.3) is 0 Å².